The third-order valence-electron chi connectivity index (χ3n) is 2.89. The fraction of sp³-hybridized carbons (Fsp3) is 0.235. The average molecular weight is 397 g/mol. The molecule has 0 amide bonds. The van der Waals surface area contributed by atoms with Gasteiger partial charge in [-0.25, -0.2) is 4.39 Å². The summed E-state index contributed by atoms with van der Waals surface area (Å²) in [6, 6.07) is 10.7. The van der Waals surface area contributed by atoms with E-state index in [4.69, 9.17) is 4.74 Å². The van der Waals surface area contributed by atoms with Crippen molar-refractivity contribution in [3.8, 4) is 17.6 Å². The van der Waals surface area contributed by atoms with Gasteiger partial charge < -0.3 is 28.7 Å². The monoisotopic (exact) mass is 397 g/mol. The number of aromatic nitrogens is 1. The first kappa shape index (κ1) is 17.4. The number of nitrogens with zero attached hydrogens (tertiary/aromatic N) is 1. The average Bonchev–Trinajstić information content (AvgIpc) is 2.46. The SMILES string of the molecule is CC[n+]1ccccc1C#CCOc1ccc(C)cc1F.[I-]. The number of aryl methyl sites for hydroxylation is 2. The second-order valence-electron chi connectivity index (χ2n) is 4.40. The topological polar surface area (TPSA) is 13.1 Å². The van der Waals surface area contributed by atoms with Gasteiger partial charge in [0.1, 0.15) is 13.2 Å². The fourth-order valence-electron chi connectivity index (χ4n) is 1.83. The van der Waals surface area contributed by atoms with Crippen LogP contribution in [-0.2, 0) is 6.54 Å². The van der Waals surface area contributed by atoms with Crippen LogP contribution in [0.15, 0.2) is 42.6 Å². The lowest BCUT2D eigenvalue weighted by Gasteiger charge is -2.03. The van der Waals surface area contributed by atoms with Crippen LogP contribution >= 0.6 is 0 Å². The van der Waals surface area contributed by atoms with Gasteiger partial charge in [-0.1, -0.05) is 12.0 Å². The minimum absolute atomic E-state index is 0. The molecular weight excluding hydrogens is 380 g/mol. The van der Waals surface area contributed by atoms with Crippen LogP contribution in [0.3, 0.4) is 0 Å². The molecule has 4 heteroatoms. The molecule has 1 aromatic carbocycles. The Morgan fingerprint density at radius 3 is 2.76 bits per heavy atom. The molecule has 2 aromatic rings. The molecule has 0 aliphatic carbocycles. The molecule has 0 saturated heterocycles. The number of rotatable bonds is 3. The molecule has 0 atom stereocenters. The van der Waals surface area contributed by atoms with Gasteiger partial charge in [-0.3, -0.25) is 0 Å². The molecule has 0 aliphatic heterocycles. The van der Waals surface area contributed by atoms with Crippen LogP contribution in [0.2, 0.25) is 0 Å². The van der Waals surface area contributed by atoms with E-state index in [1.807, 2.05) is 42.0 Å². The van der Waals surface area contributed by atoms with Crippen LogP contribution < -0.4 is 33.3 Å². The highest BCUT2D eigenvalue weighted by Gasteiger charge is 2.03. The van der Waals surface area contributed by atoms with Crippen LogP contribution in [0.1, 0.15) is 18.2 Å². The van der Waals surface area contributed by atoms with Crippen molar-refractivity contribution in [3.05, 3.63) is 59.7 Å². The predicted octanol–water partition coefficient (Wildman–Crippen LogP) is -0.124. The Hall–Kier alpha value is -1.61. The molecule has 110 valence electrons. The number of halogens is 2. The van der Waals surface area contributed by atoms with E-state index < -0.39 is 0 Å². The van der Waals surface area contributed by atoms with Gasteiger partial charge in [-0.05, 0) is 37.6 Å². The molecule has 2 nitrogen and oxygen atoms in total. The van der Waals surface area contributed by atoms with E-state index in [9.17, 15) is 4.39 Å². The summed E-state index contributed by atoms with van der Waals surface area (Å²) in [6.07, 6.45) is 1.98. The van der Waals surface area contributed by atoms with Gasteiger partial charge in [0.05, 0.1) is 0 Å². The molecule has 0 radical (unpaired) electrons. The van der Waals surface area contributed by atoms with Crippen molar-refractivity contribution in [2.24, 2.45) is 0 Å². The van der Waals surface area contributed by atoms with Gasteiger partial charge in [-0.15, -0.1) is 0 Å². The zero-order valence-corrected chi connectivity index (χ0v) is 14.2. The molecular formula is C17H17FINO. The van der Waals surface area contributed by atoms with Crippen molar-refractivity contribution < 1.29 is 37.7 Å². The second-order valence-corrected chi connectivity index (χ2v) is 4.40. The highest BCUT2D eigenvalue weighted by Crippen LogP contribution is 2.17. The zero-order chi connectivity index (χ0) is 14.4. The Kier molecular flexibility index (Phi) is 7.17. The Balaban J connectivity index is 0.00000220. The summed E-state index contributed by atoms with van der Waals surface area (Å²) in [7, 11) is 0. The van der Waals surface area contributed by atoms with E-state index in [1.54, 1.807) is 6.07 Å². The van der Waals surface area contributed by atoms with Gasteiger partial charge >= 0.3 is 0 Å². The molecule has 1 aromatic heterocycles. The molecule has 0 bridgehead atoms. The van der Waals surface area contributed by atoms with Crippen molar-refractivity contribution in [3.63, 3.8) is 0 Å². The molecule has 0 N–H and O–H groups in total. The van der Waals surface area contributed by atoms with Crippen molar-refractivity contribution in [1.82, 2.24) is 0 Å². The summed E-state index contributed by atoms with van der Waals surface area (Å²) < 4.78 is 20.9. The van der Waals surface area contributed by atoms with Crippen molar-refractivity contribution >= 4 is 0 Å². The second kappa shape index (κ2) is 8.63. The van der Waals surface area contributed by atoms with Crippen molar-refractivity contribution in [2.45, 2.75) is 20.4 Å². The summed E-state index contributed by atoms with van der Waals surface area (Å²) in [5.41, 5.74) is 1.79. The first-order valence-corrected chi connectivity index (χ1v) is 6.57. The summed E-state index contributed by atoms with van der Waals surface area (Å²) in [5, 5.41) is 0. The lowest BCUT2D eigenvalue weighted by molar-refractivity contribution is -0.695. The molecule has 0 saturated carbocycles. The lowest BCUT2D eigenvalue weighted by atomic mass is 10.2. The van der Waals surface area contributed by atoms with E-state index in [0.717, 1.165) is 17.8 Å². The van der Waals surface area contributed by atoms with Gasteiger partial charge in [0, 0.05) is 18.1 Å². The smallest absolute Gasteiger partial charge is 0.256 e. The van der Waals surface area contributed by atoms with Gasteiger partial charge in [0.25, 0.3) is 5.69 Å². The number of hydrogen-bond donors (Lipinski definition) is 0. The number of ether oxygens (including phenoxy) is 1. The maximum Gasteiger partial charge on any atom is 0.256 e. The van der Waals surface area contributed by atoms with Crippen LogP contribution in [0.25, 0.3) is 0 Å². The zero-order valence-electron chi connectivity index (χ0n) is 12.1. The highest BCUT2D eigenvalue weighted by molar-refractivity contribution is 5.29. The Morgan fingerprint density at radius 1 is 1.24 bits per heavy atom. The molecule has 0 spiro atoms. The number of pyridine rings is 1. The van der Waals surface area contributed by atoms with Crippen LogP contribution in [0, 0.1) is 24.6 Å². The maximum atomic E-state index is 13.5. The quantitative estimate of drug-likeness (QED) is 0.400. The van der Waals surface area contributed by atoms with Crippen molar-refractivity contribution in [2.75, 3.05) is 6.61 Å². The highest BCUT2D eigenvalue weighted by atomic mass is 127. The summed E-state index contributed by atoms with van der Waals surface area (Å²) >= 11 is 0. The first-order chi connectivity index (χ1) is 9.70. The Bertz CT molecular complexity index is 661. The molecule has 2 rings (SSSR count). The summed E-state index contributed by atoms with van der Waals surface area (Å²) in [5.74, 6) is 5.82. The molecule has 0 fully saturated rings. The molecule has 1 heterocycles. The van der Waals surface area contributed by atoms with E-state index in [2.05, 4.69) is 18.8 Å². The molecule has 0 unspecified atom stereocenters. The molecule has 0 aliphatic rings. The van der Waals surface area contributed by atoms with Gasteiger partial charge in [0.15, 0.2) is 17.8 Å². The fourth-order valence-corrected chi connectivity index (χ4v) is 1.83. The van der Waals surface area contributed by atoms with Crippen LogP contribution in [0.5, 0.6) is 5.75 Å². The number of hydrogen-bond acceptors (Lipinski definition) is 1. The summed E-state index contributed by atoms with van der Waals surface area (Å²) in [4.78, 5) is 0. The third-order valence-corrected chi connectivity index (χ3v) is 2.89. The minimum Gasteiger partial charge on any atom is -1.00 e. The maximum absolute atomic E-state index is 13.5. The Morgan fingerprint density at radius 2 is 2.05 bits per heavy atom. The largest absolute Gasteiger partial charge is 1.00 e. The predicted molar refractivity (Wildman–Crippen MR) is 75.8 cm³/mol. The Labute approximate surface area is 142 Å². The first-order valence-electron chi connectivity index (χ1n) is 6.57. The molecule has 21 heavy (non-hydrogen) atoms. The normalized spacial score (nSPS) is 9.29. The number of benzene rings is 1. The van der Waals surface area contributed by atoms with E-state index in [1.165, 1.54) is 6.07 Å². The van der Waals surface area contributed by atoms with Gasteiger partial charge in [-0.2, -0.15) is 4.57 Å². The summed E-state index contributed by atoms with van der Waals surface area (Å²) in [6.45, 7) is 4.92. The van der Waals surface area contributed by atoms with Crippen LogP contribution in [-0.4, -0.2) is 6.61 Å². The lowest BCUT2D eigenvalue weighted by Crippen LogP contribution is -3.00. The standard InChI is InChI=1S/C17H17FNO.HI/c1-3-19-11-5-4-7-15(19)8-6-12-20-17-10-9-14(2)13-16(17)18;/h4-5,7,9-11,13H,3,12H2,1-2H3;1H/q+1;/p-1. The van der Waals surface area contributed by atoms with E-state index >= 15 is 0 Å². The van der Waals surface area contributed by atoms with Crippen LogP contribution in [0.4, 0.5) is 4.39 Å². The van der Waals surface area contributed by atoms with Crippen molar-refractivity contribution in [1.29, 1.82) is 0 Å². The van der Waals surface area contributed by atoms with E-state index in [-0.39, 0.29) is 42.2 Å². The minimum atomic E-state index is -0.352. The third kappa shape index (κ3) is 5.01. The van der Waals surface area contributed by atoms with E-state index in [0.29, 0.717) is 0 Å². The van der Waals surface area contributed by atoms with Gasteiger partial charge in [0.2, 0.25) is 0 Å².